The smallest absolute Gasteiger partial charge is 0.326 e. The minimum absolute atomic E-state index is 0.234. The standard InChI is InChI=1S/C13H16N2O5/c1-8-4-2-3-5-9(8)7-14-13(20)15-10(12(18)19)6-11(16)17/h2-5,10H,6-7H2,1H3,(H,16,17)(H,18,19)(H2,14,15,20). The van der Waals surface area contributed by atoms with Crippen LogP contribution >= 0.6 is 0 Å². The Kier molecular flexibility index (Phi) is 5.52. The number of urea groups is 1. The first kappa shape index (κ1) is 15.5. The highest BCUT2D eigenvalue weighted by atomic mass is 16.4. The van der Waals surface area contributed by atoms with Gasteiger partial charge in [0, 0.05) is 6.54 Å². The Balaban J connectivity index is 2.52. The Labute approximate surface area is 115 Å². The molecule has 7 heteroatoms. The molecule has 0 fully saturated rings. The van der Waals surface area contributed by atoms with Crippen molar-refractivity contribution in [1.82, 2.24) is 10.6 Å². The van der Waals surface area contributed by atoms with Gasteiger partial charge in [0.1, 0.15) is 6.04 Å². The van der Waals surface area contributed by atoms with Crippen LogP contribution in [-0.2, 0) is 16.1 Å². The first-order valence-corrected chi connectivity index (χ1v) is 5.93. The van der Waals surface area contributed by atoms with E-state index >= 15 is 0 Å². The monoisotopic (exact) mass is 280 g/mol. The number of carbonyl (C=O) groups excluding carboxylic acids is 1. The van der Waals surface area contributed by atoms with E-state index in [0.717, 1.165) is 11.1 Å². The fraction of sp³-hybridized carbons (Fsp3) is 0.308. The van der Waals surface area contributed by atoms with Crippen molar-refractivity contribution in [2.45, 2.75) is 25.9 Å². The van der Waals surface area contributed by atoms with Crippen LogP contribution in [0.25, 0.3) is 0 Å². The third-order valence-corrected chi connectivity index (χ3v) is 2.68. The largest absolute Gasteiger partial charge is 0.481 e. The van der Waals surface area contributed by atoms with E-state index in [4.69, 9.17) is 10.2 Å². The first-order valence-electron chi connectivity index (χ1n) is 5.93. The molecule has 108 valence electrons. The van der Waals surface area contributed by atoms with Gasteiger partial charge >= 0.3 is 18.0 Å². The molecule has 1 aromatic carbocycles. The molecule has 1 atom stereocenters. The number of nitrogens with one attached hydrogen (secondary N) is 2. The number of aryl methyl sites for hydroxylation is 1. The van der Waals surface area contributed by atoms with Gasteiger partial charge in [-0.15, -0.1) is 0 Å². The molecule has 20 heavy (non-hydrogen) atoms. The van der Waals surface area contributed by atoms with Crippen LogP contribution in [0.15, 0.2) is 24.3 Å². The Hall–Kier alpha value is -2.57. The van der Waals surface area contributed by atoms with E-state index in [1.54, 1.807) is 0 Å². The zero-order valence-corrected chi connectivity index (χ0v) is 10.9. The lowest BCUT2D eigenvalue weighted by atomic mass is 10.1. The van der Waals surface area contributed by atoms with Gasteiger partial charge < -0.3 is 20.8 Å². The van der Waals surface area contributed by atoms with E-state index in [1.165, 1.54) is 0 Å². The Bertz CT molecular complexity index is 515. The summed E-state index contributed by atoms with van der Waals surface area (Å²) in [6.07, 6.45) is -0.673. The summed E-state index contributed by atoms with van der Waals surface area (Å²) in [6, 6.07) is 5.24. The summed E-state index contributed by atoms with van der Waals surface area (Å²) >= 11 is 0. The number of aliphatic carboxylic acids is 2. The highest BCUT2D eigenvalue weighted by Crippen LogP contribution is 2.05. The Morgan fingerprint density at radius 1 is 1.20 bits per heavy atom. The highest BCUT2D eigenvalue weighted by molar-refractivity contribution is 5.86. The van der Waals surface area contributed by atoms with Crippen molar-refractivity contribution in [3.8, 4) is 0 Å². The number of hydrogen-bond donors (Lipinski definition) is 4. The maximum atomic E-state index is 11.5. The van der Waals surface area contributed by atoms with Crippen molar-refractivity contribution in [3.05, 3.63) is 35.4 Å². The topological polar surface area (TPSA) is 116 Å². The van der Waals surface area contributed by atoms with Crippen molar-refractivity contribution in [3.63, 3.8) is 0 Å². The lowest BCUT2D eigenvalue weighted by molar-refractivity contribution is -0.145. The summed E-state index contributed by atoms with van der Waals surface area (Å²) in [5.74, 6) is -2.69. The number of carboxylic acids is 2. The number of carbonyl (C=O) groups is 3. The number of carboxylic acid groups (broad SMARTS) is 2. The summed E-state index contributed by atoms with van der Waals surface area (Å²) in [5, 5.41) is 21.9. The third kappa shape index (κ3) is 4.97. The molecule has 0 heterocycles. The Morgan fingerprint density at radius 3 is 2.40 bits per heavy atom. The minimum atomic E-state index is -1.45. The second kappa shape index (κ2) is 7.13. The van der Waals surface area contributed by atoms with Gasteiger partial charge in [-0.25, -0.2) is 9.59 Å². The summed E-state index contributed by atoms with van der Waals surface area (Å²) in [7, 11) is 0. The predicted octanol–water partition coefficient (Wildman–Crippen LogP) is 0.722. The van der Waals surface area contributed by atoms with Crippen molar-refractivity contribution in [2.75, 3.05) is 0 Å². The molecule has 0 radical (unpaired) electrons. The number of benzene rings is 1. The number of amides is 2. The maximum Gasteiger partial charge on any atom is 0.326 e. The lowest BCUT2D eigenvalue weighted by Gasteiger charge is -2.14. The third-order valence-electron chi connectivity index (χ3n) is 2.68. The molecular weight excluding hydrogens is 264 g/mol. The molecule has 4 N–H and O–H groups in total. The van der Waals surface area contributed by atoms with Crippen LogP contribution in [-0.4, -0.2) is 34.2 Å². The van der Waals surface area contributed by atoms with Gasteiger partial charge in [0.05, 0.1) is 6.42 Å². The zero-order valence-electron chi connectivity index (χ0n) is 10.9. The molecular formula is C13H16N2O5. The molecule has 0 bridgehead atoms. The average Bonchev–Trinajstić information content (AvgIpc) is 2.36. The van der Waals surface area contributed by atoms with Crippen LogP contribution in [0.2, 0.25) is 0 Å². The maximum absolute atomic E-state index is 11.5. The van der Waals surface area contributed by atoms with E-state index in [0.29, 0.717) is 0 Å². The normalized spacial score (nSPS) is 11.4. The van der Waals surface area contributed by atoms with E-state index in [2.05, 4.69) is 10.6 Å². The minimum Gasteiger partial charge on any atom is -0.481 e. The molecule has 1 rings (SSSR count). The van der Waals surface area contributed by atoms with Gasteiger partial charge in [-0.1, -0.05) is 24.3 Å². The molecule has 0 aromatic heterocycles. The van der Waals surface area contributed by atoms with Gasteiger partial charge in [-0.3, -0.25) is 4.79 Å². The molecule has 2 amide bonds. The number of rotatable bonds is 6. The second-order valence-corrected chi connectivity index (χ2v) is 4.24. The van der Waals surface area contributed by atoms with Crippen LogP contribution < -0.4 is 10.6 Å². The second-order valence-electron chi connectivity index (χ2n) is 4.24. The summed E-state index contributed by atoms with van der Waals surface area (Å²) in [4.78, 5) is 32.8. The molecule has 0 aliphatic carbocycles. The lowest BCUT2D eigenvalue weighted by Crippen LogP contribution is -2.46. The molecule has 0 aliphatic rings. The van der Waals surface area contributed by atoms with E-state index in [1.807, 2.05) is 31.2 Å². The summed E-state index contributed by atoms with van der Waals surface area (Å²) < 4.78 is 0. The molecule has 0 saturated carbocycles. The van der Waals surface area contributed by atoms with Gasteiger partial charge in [0.2, 0.25) is 0 Å². The predicted molar refractivity (Wildman–Crippen MR) is 70.2 cm³/mol. The van der Waals surface area contributed by atoms with E-state index in [9.17, 15) is 14.4 Å². The zero-order chi connectivity index (χ0) is 15.1. The molecule has 0 spiro atoms. The quantitative estimate of drug-likeness (QED) is 0.613. The van der Waals surface area contributed by atoms with E-state index < -0.39 is 30.4 Å². The van der Waals surface area contributed by atoms with Crippen LogP contribution in [0.1, 0.15) is 17.5 Å². The van der Waals surface area contributed by atoms with Crippen LogP contribution in [0, 0.1) is 6.92 Å². The van der Waals surface area contributed by atoms with Gasteiger partial charge in [0.15, 0.2) is 0 Å². The van der Waals surface area contributed by atoms with Crippen molar-refractivity contribution < 1.29 is 24.6 Å². The van der Waals surface area contributed by atoms with Crippen LogP contribution in [0.4, 0.5) is 4.79 Å². The van der Waals surface area contributed by atoms with Gasteiger partial charge in [-0.05, 0) is 18.1 Å². The number of hydrogen-bond acceptors (Lipinski definition) is 3. The van der Waals surface area contributed by atoms with Crippen LogP contribution in [0.3, 0.4) is 0 Å². The van der Waals surface area contributed by atoms with Crippen LogP contribution in [0.5, 0.6) is 0 Å². The fourth-order valence-corrected chi connectivity index (χ4v) is 1.57. The Morgan fingerprint density at radius 2 is 1.85 bits per heavy atom. The van der Waals surface area contributed by atoms with E-state index in [-0.39, 0.29) is 6.54 Å². The van der Waals surface area contributed by atoms with Crippen molar-refractivity contribution in [1.29, 1.82) is 0 Å². The summed E-state index contributed by atoms with van der Waals surface area (Å²) in [6.45, 7) is 2.12. The highest BCUT2D eigenvalue weighted by Gasteiger charge is 2.22. The molecule has 0 aliphatic heterocycles. The molecule has 1 aromatic rings. The SMILES string of the molecule is Cc1ccccc1CNC(=O)NC(CC(=O)O)C(=O)O. The molecule has 7 nitrogen and oxygen atoms in total. The average molecular weight is 280 g/mol. The summed E-state index contributed by atoms with van der Waals surface area (Å²) in [5.41, 5.74) is 1.89. The van der Waals surface area contributed by atoms with Crippen molar-refractivity contribution in [2.24, 2.45) is 0 Å². The molecule has 0 saturated heterocycles. The molecule has 1 unspecified atom stereocenters. The van der Waals surface area contributed by atoms with Crippen molar-refractivity contribution >= 4 is 18.0 Å². The van der Waals surface area contributed by atoms with Gasteiger partial charge in [-0.2, -0.15) is 0 Å². The fourth-order valence-electron chi connectivity index (χ4n) is 1.57. The first-order chi connectivity index (χ1) is 9.40. The van der Waals surface area contributed by atoms with Gasteiger partial charge in [0.25, 0.3) is 0 Å².